The average Bonchev–Trinajstić information content (AvgIpc) is 2.33. The number of hydrogen-bond donors (Lipinski definition) is 1. The Morgan fingerprint density at radius 3 is 2.50 bits per heavy atom. The zero-order valence-corrected chi connectivity index (χ0v) is 11.6. The first-order valence-electron chi connectivity index (χ1n) is 7.00. The van der Waals surface area contributed by atoms with Crippen molar-refractivity contribution in [2.75, 3.05) is 5.75 Å². The lowest BCUT2D eigenvalue weighted by Gasteiger charge is -2.46. The number of hydrogen-bond acceptors (Lipinski definition) is 2. The van der Waals surface area contributed by atoms with Gasteiger partial charge in [0.05, 0.1) is 5.60 Å². The van der Waals surface area contributed by atoms with Crippen LogP contribution in [-0.2, 0) is 0 Å². The lowest BCUT2D eigenvalue weighted by molar-refractivity contribution is -0.0462. The van der Waals surface area contributed by atoms with Gasteiger partial charge in [-0.3, -0.25) is 0 Å². The van der Waals surface area contributed by atoms with E-state index in [2.05, 4.69) is 13.8 Å². The molecule has 0 bridgehead atoms. The van der Waals surface area contributed by atoms with Gasteiger partial charge < -0.3 is 5.11 Å². The molecule has 0 spiro atoms. The van der Waals surface area contributed by atoms with E-state index < -0.39 is 0 Å². The van der Waals surface area contributed by atoms with Crippen LogP contribution in [0.15, 0.2) is 0 Å². The van der Waals surface area contributed by atoms with Crippen LogP contribution in [0.5, 0.6) is 0 Å². The fraction of sp³-hybridized carbons (Fsp3) is 1.00. The molecule has 2 rings (SSSR count). The van der Waals surface area contributed by atoms with E-state index in [1.54, 1.807) is 0 Å². The largest absolute Gasteiger partial charge is 0.388 e. The molecule has 1 N–H and O–H groups in total. The molecule has 16 heavy (non-hydrogen) atoms. The molecule has 2 unspecified atom stereocenters. The van der Waals surface area contributed by atoms with E-state index >= 15 is 0 Å². The SMILES string of the molecule is CCC1CCC(C2(O)CCCSC2C)CC1. The molecule has 0 radical (unpaired) electrons. The molecule has 2 heteroatoms. The Kier molecular flexibility index (Phi) is 4.23. The molecule has 2 atom stereocenters. The molecule has 1 aliphatic carbocycles. The summed E-state index contributed by atoms with van der Waals surface area (Å²) in [4.78, 5) is 0. The maximum Gasteiger partial charge on any atom is 0.0791 e. The van der Waals surface area contributed by atoms with Crippen LogP contribution in [0.2, 0.25) is 0 Å². The third-order valence-electron chi connectivity index (χ3n) is 4.92. The molecule has 0 aromatic carbocycles. The summed E-state index contributed by atoms with van der Waals surface area (Å²) in [5.74, 6) is 2.76. The van der Waals surface area contributed by atoms with Gasteiger partial charge in [0.1, 0.15) is 0 Å². The van der Waals surface area contributed by atoms with E-state index in [1.807, 2.05) is 11.8 Å². The van der Waals surface area contributed by atoms with Crippen LogP contribution in [0.3, 0.4) is 0 Å². The lowest BCUT2D eigenvalue weighted by Crippen LogP contribution is -2.49. The second-order valence-electron chi connectivity index (χ2n) is 5.73. The molecule has 0 aromatic heterocycles. The molecule has 2 fully saturated rings. The zero-order valence-electron chi connectivity index (χ0n) is 10.7. The van der Waals surface area contributed by atoms with Gasteiger partial charge in [-0.25, -0.2) is 0 Å². The van der Waals surface area contributed by atoms with E-state index in [0.29, 0.717) is 11.2 Å². The monoisotopic (exact) mass is 242 g/mol. The van der Waals surface area contributed by atoms with Crippen molar-refractivity contribution in [3.63, 3.8) is 0 Å². The van der Waals surface area contributed by atoms with E-state index in [4.69, 9.17) is 0 Å². The Labute approximate surface area is 104 Å². The van der Waals surface area contributed by atoms with Gasteiger partial charge >= 0.3 is 0 Å². The summed E-state index contributed by atoms with van der Waals surface area (Å²) in [5, 5.41) is 11.4. The van der Waals surface area contributed by atoms with E-state index in [0.717, 1.165) is 12.3 Å². The maximum absolute atomic E-state index is 10.9. The minimum absolute atomic E-state index is 0.346. The van der Waals surface area contributed by atoms with E-state index in [-0.39, 0.29) is 5.60 Å². The molecule has 1 nitrogen and oxygen atoms in total. The summed E-state index contributed by atoms with van der Waals surface area (Å²) in [6, 6.07) is 0. The number of thioether (sulfide) groups is 1. The van der Waals surface area contributed by atoms with Crippen LogP contribution < -0.4 is 0 Å². The van der Waals surface area contributed by atoms with Crippen molar-refractivity contribution in [2.45, 2.75) is 69.6 Å². The fourth-order valence-electron chi connectivity index (χ4n) is 3.57. The molecule has 0 amide bonds. The van der Waals surface area contributed by atoms with Crippen molar-refractivity contribution in [2.24, 2.45) is 11.8 Å². The van der Waals surface area contributed by atoms with Crippen molar-refractivity contribution in [3.05, 3.63) is 0 Å². The van der Waals surface area contributed by atoms with Gasteiger partial charge in [0.25, 0.3) is 0 Å². The molecule has 1 heterocycles. The Balaban J connectivity index is 1.96. The lowest BCUT2D eigenvalue weighted by atomic mass is 9.70. The topological polar surface area (TPSA) is 20.2 Å². The molecule has 1 saturated carbocycles. The van der Waals surface area contributed by atoms with Crippen LogP contribution in [0.4, 0.5) is 0 Å². The molecular weight excluding hydrogens is 216 g/mol. The Bertz CT molecular complexity index is 223. The highest BCUT2D eigenvalue weighted by Crippen LogP contribution is 2.45. The van der Waals surface area contributed by atoms with Crippen molar-refractivity contribution in [3.8, 4) is 0 Å². The maximum atomic E-state index is 10.9. The van der Waals surface area contributed by atoms with Crippen molar-refractivity contribution in [1.82, 2.24) is 0 Å². The van der Waals surface area contributed by atoms with Crippen molar-refractivity contribution >= 4 is 11.8 Å². The average molecular weight is 242 g/mol. The summed E-state index contributed by atoms with van der Waals surface area (Å²) in [7, 11) is 0. The van der Waals surface area contributed by atoms with Crippen LogP contribution in [0.25, 0.3) is 0 Å². The van der Waals surface area contributed by atoms with E-state index in [1.165, 1.54) is 44.3 Å². The smallest absolute Gasteiger partial charge is 0.0791 e. The molecule has 2 aliphatic rings. The van der Waals surface area contributed by atoms with Crippen LogP contribution in [0, 0.1) is 11.8 Å². The highest BCUT2D eigenvalue weighted by Gasteiger charge is 2.44. The van der Waals surface area contributed by atoms with Crippen LogP contribution >= 0.6 is 11.8 Å². The van der Waals surface area contributed by atoms with Gasteiger partial charge in [-0.2, -0.15) is 11.8 Å². The molecule has 1 saturated heterocycles. The molecular formula is C14H26OS. The fourth-order valence-corrected chi connectivity index (χ4v) is 4.83. The summed E-state index contributed by atoms with van der Waals surface area (Å²) in [5.41, 5.74) is -0.346. The molecule has 0 aromatic rings. The third-order valence-corrected chi connectivity index (χ3v) is 6.36. The summed E-state index contributed by atoms with van der Waals surface area (Å²) >= 11 is 1.98. The Morgan fingerprint density at radius 2 is 1.94 bits per heavy atom. The minimum atomic E-state index is -0.346. The quantitative estimate of drug-likeness (QED) is 0.793. The van der Waals surface area contributed by atoms with Crippen LogP contribution in [0.1, 0.15) is 58.8 Å². The minimum Gasteiger partial charge on any atom is -0.388 e. The number of rotatable bonds is 2. The second-order valence-corrected chi connectivity index (χ2v) is 7.18. The normalized spacial score (nSPS) is 45.6. The van der Waals surface area contributed by atoms with Gasteiger partial charge in [0, 0.05) is 5.25 Å². The van der Waals surface area contributed by atoms with Gasteiger partial charge in [0.15, 0.2) is 0 Å². The summed E-state index contributed by atoms with van der Waals surface area (Å²) in [6.45, 7) is 4.54. The highest BCUT2D eigenvalue weighted by molar-refractivity contribution is 8.00. The summed E-state index contributed by atoms with van der Waals surface area (Å²) < 4.78 is 0. The van der Waals surface area contributed by atoms with E-state index in [9.17, 15) is 5.11 Å². The predicted octanol–water partition coefficient (Wildman–Crippen LogP) is 3.85. The summed E-state index contributed by atoms with van der Waals surface area (Å²) in [6.07, 6.45) is 8.80. The second kappa shape index (κ2) is 5.30. The number of aliphatic hydroxyl groups is 1. The predicted molar refractivity (Wildman–Crippen MR) is 71.8 cm³/mol. The molecule has 94 valence electrons. The highest BCUT2D eigenvalue weighted by atomic mass is 32.2. The van der Waals surface area contributed by atoms with Gasteiger partial charge in [0.2, 0.25) is 0 Å². The van der Waals surface area contributed by atoms with Gasteiger partial charge in [-0.05, 0) is 43.3 Å². The van der Waals surface area contributed by atoms with Gasteiger partial charge in [-0.15, -0.1) is 0 Å². The van der Waals surface area contributed by atoms with Crippen molar-refractivity contribution < 1.29 is 5.11 Å². The first-order chi connectivity index (χ1) is 7.66. The zero-order chi connectivity index (χ0) is 11.6. The standard InChI is InChI=1S/C14H26OS/c1-3-12-5-7-13(8-6-12)14(15)9-4-10-16-11(14)2/h11-13,15H,3-10H2,1-2H3. The van der Waals surface area contributed by atoms with Gasteiger partial charge in [-0.1, -0.05) is 33.1 Å². The first kappa shape index (κ1) is 12.8. The third kappa shape index (κ3) is 2.43. The molecule has 1 aliphatic heterocycles. The van der Waals surface area contributed by atoms with Crippen LogP contribution in [-0.4, -0.2) is 21.7 Å². The Morgan fingerprint density at radius 1 is 1.25 bits per heavy atom. The van der Waals surface area contributed by atoms with Crippen molar-refractivity contribution in [1.29, 1.82) is 0 Å². The first-order valence-corrected chi connectivity index (χ1v) is 8.05. The Hall–Kier alpha value is 0.310.